The van der Waals surface area contributed by atoms with Gasteiger partial charge in [-0.25, -0.2) is 4.98 Å². The number of imidazole rings is 1. The van der Waals surface area contributed by atoms with Crippen molar-refractivity contribution in [3.05, 3.63) is 42.0 Å². The molecule has 4 N–H and O–H groups in total. The lowest BCUT2D eigenvalue weighted by Gasteiger charge is -2.19. The van der Waals surface area contributed by atoms with Crippen molar-refractivity contribution in [2.45, 2.75) is 26.3 Å². The van der Waals surface area contributed by atoms with Gasteiger partial charge in [-0.3, -0.25) is 0 Å². The van der Waals surface area contributed by atoms with Crippen LogP contribution in [0.2, 0.25) is 0 Å². The Hall–Kier alpha value is -1.97. The molecule has 1 heterocycles. The maximum atomic E-state index is 5.98. The molecule has 17 heavy (non-hydrogen) atoms. The first-order chi connectivity index (χ1) is 8.22. The van der Waals surface area contributed by atoms with E-state index in [2.05, 4.69) is 22.2 Å². The second kappa shape index (κ2) is 4.91. The number of aromatic nitrogens is 2. The molecule has 4 nitrogen and oxygen atoms in total. The molecule has 1 aromatic heterocycles. The van der Waals surface area contributed by atoms with E-state index in [1.165, 1.54) is 0 Å². The number of rotatable bonds is 4. The number of H-pyrrole nitrogens is 1. The van der Waals surface area contributed by atoms with Gasteiger partial charge in [-0.2, -0.15) is 0 Å². The SMILES string of the molecule is CCC(Nc1c(C)cccc1N)c1ncc[nH]1. The quantitative estimate of drug-likeness (QED) is 0.707. The fourth-order valence-electron chi connectivity index (χ4n) is 1.89. The maximum Gasteiger partial charge on any atom is 0.128 e. The lowest BCUT2D eigenvalue weighted by Crippen LogP contribution is -2.13. The summed E-state index contributed by atoms with van der Waals surface area (Å²) in [6.07, 6.45) is 4.54. The highest BCUT2D eigenvalue weighted by atomic mass is 15.0. The van der Waals surface area contributed by atoms with Gasteiger partial charge in [-0.1, -0.05) is 19.1 Å². The molecule has 90 valence electrons. The van der Waals surface area contributed by atoms with Gasteiger partial charge in [0.1, 0.15) is 5.82 Å². The number of nitrogen functional groups attached to an aromatic ring is 1. The fraction of sp³-hybridized carbons (Fsp3) is 0.308. The molecule has 0 radical (unpaired) electrons. The summed E-state index contributed by atoms with van der Waals surface area (Å²) in [5.74, 6) is 0.940. The smallest absolute Gasteiger partial charge is 0.128 e. The normalized spacial score (nSPS) is 12.4. The van der Waals surface area contributed by atoms with Crippen LogP contribution in [0.1, 0.15) is 30.8 Å². The molecule has 0 aliphatic rings. The maximum absolute atomic E-state index is 5.98. The van der Waals surface area contributed by atoms with Crippen LogP contribution in [0.25, 0.3) is 0 Å². The van der Waals surface area contributed by atoms with Crippen molar-refractivity contribution in [1.82, 2.24) is 9.97 Å². The van der Waals surface area contributed by atoms with Gasteiger partial charge in [0.25, 0.3) is 0 Å². The molecule has 0 saturated carbocycles. The van der Waals surface area contributed by atoms with Crippen LogP contribution in [0.3, 0.4) is 0 Å². The summed E-state index contributed by atoms with van der Waals surface area (Å²) in [6.45, 7) is 4.17. The zero-order chi connectivity index (χ0) is 12.3. The molecule has 1 atom stereocenters. The summed E-state index contributed by atoms with van der Waals surface area (Å²) >= 11 is 0. The monoisotopic (exact) mass is 230 g/mol. The van der Waals surface area contributed by atoms with E-state index in [4.69, 9.17) is 5.73 Å². The van der Waals surface area contributed by atoms with Crippen LogP contribution in [0.5, 0.6) is 0 Å². The predicted octanol–water partition coefficient (Wildman–Crippen LogP) is 2.86. The Morgan fingerprint density at radius 3 is 2.88 bits per heavy atom. The number of aryl methyl sites for hydroxylation is 1. The molecule has 0 aliphatic carbocycles. The minimum atomic E-state index is 0.161. The number of para-hydroxylation sites is 1. The summed E-state index contributed by atoms with van der Waals surface area (Å²) in [4.78, 5) is 7.42. The van der Waals surface area contributed by atoms with Gasteiger partial charge in [-0.15, -0.1) is 0 Å². The first kappa shape index (κ1) is 11.5. The average Bonchev–Trinajstić information content (AvgIpc) is 2.82. The molecule has 2 aromatic rings. The summed E-state index contributed by atoms with van der Waals surface area (Å²) < 4.78 is 0. The topological polar surface area (TPSA) is 66.7 Å². The molecule has 0 amide bonds. The molecule has 2 rings (SSSR count). The van der Waals surface area contributed by atoms with E-state index in [0.717, 1.165) is 29.2 Å². The molecular weight excluding hydrogens is 212 g/mol. The van der Waals surface area contributed by atoms with Gasteiger partial charge in [0.2, 0.25) is 0 Å². The number of nitrogens with zero attached hydrogens (tertiary/aromatic N) is 1. The fourth-order valence-corrected chi connectivity index (χ4v) is 1.89. The molecule has 0 aliphatic heterocycles. The standard InChI is InChI=1S/C13H18N4/c1-3-11(13-15-7-8-16-13)17-12-9(2)5-4-6-10(12)14/h4-8,11,17H,3,14H2,1-2H3,(H,15,16). The van der Waals surface area contributed by atoms with E-state index < -0.39 is 0 Å². The Bertz CT molecular complexity index is 456. The number of hydrogen-bond donors (Lipinski definition) is 3. The van der Waals surface area contributed by atoms with Crippen molar-refractivity contribution in [1.29, 1.82) is 0 Å². The van der Waals surface area contributed by atoms with Crippen LogP contribution >= 0.6 is 0 Å². The third-order valence-electron chi connectivity index (χ3n) is 2.88. The molecular formula is C13H18N4. The van der Waals surface area contributed by atoms with Gasteiger partial charge >= 0.3 is 0 Å². The average molecular weight is 230 g/mol. The van der Waals surface area contributed by atoms with E-state index in [1.807, 2.05) is 31.3 Å². The summed E-state index contributed by atoms with van der Waals surface area (Å²) in [5, 5.41) is 3.45. The van der Waals surface area contributed by atoms with Gasteiger partial charge < -0.3 is 16.0 Å². The highest BCUT2D eigenvalue weighted by Gasteiger charge is 2.13. The number of aromatic amines is 1. The summed E-state index contributed by atoms with van der Waals surface area (Å²) in [6, 6.07) is 6.08. The van der Waals surface area contributed by atoms with Crippen molar-refractivity contribution in [3.8, 4) is 0 Å². The van der Waals surface area contributed by atoms with Gasteiger partial charge in [0.05, 0.1) is 17.4 Å². The highest BCUT2D eigenvalue weighted by Crippen LogP contribution is 2.27. The largest absolute Gasteiger partial charge is 0.397 e. The Morgan fingerprint density at radius 1 is 1.47 bits per heavy atom. The lowest BCUT2D eigenvalue weighted by atomic mass is 10.1. The predicted molar refractivity (Wildman–Crippen MR) is 70.8 cm³/mol. The molecule has 0 spiro atoms. The van der Waals surface area contributed by atoms with Crippen LogP contribution in [0, 0.1) is 6.92 Å². The summed E-state index contributed by atoms with van der Waals surface area (Å²) in [5.41, 5.74) is 8.90. The van der Waals surface area contributed by atoms with Crippen LogP contribution in [0.15, 0.2) is 30.6 Å². The molecule has 1 unspecified atom stereocenters. The highest BCUT2D eigenvalue weighted by molar-refractivity contribution is 5.70. The van der Waals surface area contributed by atoms with E-state index in [9.17, 15) is 0 Å². The lowest BCUT2D eigenvalue weighted by molar-refractivity contribution is 0.704. The third kappa shape index (κ3) is 2.41. The van der Waals surface area contributed by atoms with Crippen LogP contribution in [-0.2, 0) is 0 Å². The van der Waals surface area contributed by atoms with Crippen LogP contribution in [0.4, 0.5) is 11.4 Å². The zero-order valence-corrected chi connectivity index (χ0v) is 10.2. The number of nitrogens with one attached hydrogen (secondary N) is 2. The number of benzene rings is 1. The first-order valence-electron chi connectivity index (χ1n) is 5.83. The van der Waals surface area contributed by atoms with Crippen molar-refractivity contribution in [2.24, 2.45) is 0 Å². The molecule has 4 heteroatoms. The van der Waals surface area contributed by atoms with Crippen molar-refractivity contribution < 1.29 is 0 Å². The second-order valence-electron chi connectivity index (χ2n) is 4.12. The Kier molecular flexibility index (Phi) is 3.32. The Morgan fingerprint density at radius 2 is 2.29 bits per heavy atom. The van der Waals surface area contributed by atoms with Crippen molar-refractivity contribution in [2.75, 3.05) is 11.1 Å². The van der Waals surface area contributed by atoms with E-state index in [1.54, 1.807) is 6.20 Å². The zero-order valence-electron chi connectivity index (χ0n) is 10.2. The van der Waals surface area contributed by atoms with Gasteiger partial charge in [0.15, 0.2) is 0 Å². The van der Waals surface area contributed by atoms with Crippen molar-refractivity contribution in [3.63, 3.8) is 0 Å². The number of nitrogens with two attached hydrogens (primary N) is 1. The third-order valence-corrected chi connectivity index (χ3v) is 2.88. The van der Waals surface area contributed by atoms with E-state index in [-0.39, 0.29) is 6.04 Å². The van der Waals surface area contributed by atoms with Crippen molar-refractivity contribution >= 4 is 11.4 Å². The van der Waals surface area contributed by atoms with Crippen LogP contribution in [-0.4, -0.2) is 9.97 Å². The summed E-state index contributed by atoms with van der Waals surface area (Å²) in [7, 11) is 0. The molecule has 1 aromatic carbocycles. The first-order valence-corrected chi connectivity index (χ1v) is 5.83. The van der Waals surface area contributed by atoms with Crippen LogP contribution < -0.4 is 11.1 Å². The second-order valence-corrected chi connectivity index (χ2v) is 4.12. The Labute approximate surface area is 101 Å². The van der Waals surface area contributed by atoms with Gasteiger partial charge in [-0.05, 0) is 25.0 Å². The molecule has 0 saturated heterocycles. The Balaban J connectivity index is 2.25. The minimum absolute atomic E-state index is 0.161. The number of anilines is 2. The molecule has 0 fully saturated rings. The van der Waals surface area contributed by atoms with E-state index >= 15 is 0 Å². The molecule has 0 bridgehead atoms. The minimum Gasteiger partial charge on any atom is -0.397 e. The van der Waals surface area contributed by atoms with Gasteiger partial charge in [0, 0.05) is 12.4 Å². The number of hydrogen-bond acceptors (Lipinski definition) is 3. The van der Waals surface area contributed by atoms with E-state index in [0.29, 0.717) is 0 Å².